The average molecular weight is 488 g/mol. The lowest BCUT2D eigenvalue weighted by atomic mass is 10.1. The molecule has 1 saturated heterocycles. The number of rotatable bonds is 5. The van der Waals surface area contributed by atoms with Gasteiger partial charge in [0.15, 0.2) is 0 Å². The maximum absolute atomic E-state index is 13.1. The van der Waals surface area contributed by atoms with Crippen LogP contribution in [0.3, 0.4) is 0 Å². The van der Waals surface area contributed by atoms with E-state index in [0.29, 0.717) is 13.1 Å². The Morgan fingerprint density at radius 3 is 1.88 bits per heavy atom. The standard InChI is InChI=1S/C19H21F3N2O2S.C2H2O4/c20-19(21,22)18-9-5-4-8-17(18)14-23-10-12-24(13-11-23)27(25,26)15-16-6-2-1-3-7-16;3-1(4)2(5)6/h1-9H,10-15H2;(H,3,4)(H,5,6). The van der Waals surface area contributed by atoms with Gasteiger partial charge in [-0.15, -0.1) is 0 Å². The van der Waals surface area contributed by atoms with Crippen LogP contribution >= 0.6 is 0 Å². The second-order valence-corrected chi connectivity index (χ2v) is 9.15. The van der Waals surface area contributed by atoms with Crippen LogP contribution in [0.25, 0.3) is 0 Å². The van der Waals surface area contributed by atoms with E-state index >= 15 is 0 Å². The summed E-state index contributed by atoms with van der Waals surface area (Å²) in [6.45, 7) is 1.52. The third kappa shape index (κ3) is 8.15. The number of hydrogen-bond donors (Lipinski definition) is 2. The zero-order valence-corrected chi connectivity index (χ0v) is 18.2. The molecule has 0 amide bonds. The van der Waals surface area contributed by atoms with E-state index in [1.807, 2.05) is 11.0 Å². The highest BCUT2D eigenvalue weighted by molar-refractivity contribution is 7.88. The molecule has 2 aromatic rings. The monoisotopic (exact) mass is 488 g/mol. The molecular formula is C21H23F3N2O6S. The van der Waals surface area contributed by atoms with Crippen molar-refractivity contribution in [1.29, 1.82) is 0 Å². The van der Waals surface area contributed by atoms with Crippen molar-refractivity contribution < 1.29 is 41.4 Å². The first-order valence-electron chi connectivity index (χ1n) is 9.75. The Morgan fingerprint density at radius 1 is 0.848 bits per heavy atom. The number of carboxylic acid groups (broad SMARTS) is 2. The predicted octanol–water partition coefficient (Wildman–Crippen LogP) is 2.51. The summed E-state index contributed by atoms with van der Waals surface area (Å²) < 4.78 is 65.9. The molecule has 180 valence electrons. The molecule has 8 nitrogen and oxygen atoms in total. The summed E-state index contributed by atoms with van der Waals surface area (Å²) >= 11 is 0. The van der Waals surface area contributed by atoms with Crippen molar-refractivity contribution in [3.8, 4) is 0 Å². The number of nitrogens with zero attached hydrogens (tertiary/aromatic N) is 2. The molecule has 0 unspecified atom stereocenters. The Hall–Kier alpha value is -2.96. The molecule has 1 aliphatic heterocycles. The van der Waals surface area contributed by atoms with Gasteiger partial charge in [0, 0.05) is 32.7 Å². The summed E-state index contributed by atoms with van der Waals surface area (Å²) in [4.78, 5) is 20.1. The summed E-state index contributed by atoms with van der Waals surface area (Å²) in [6, 6.07) is 14.5. The van der Waals surface area contributed by atoms with Crippen LogP contribution in [0.5, 0.6) is 0 Å². The van der Waals surface area contributed by atoms with Crippen molar-refractivity contribution in [2.75, 3.05) is 26.2 Å². The number of aliphatic carboxylic acids is 2. The Kier molecular flexibility index (Phi) is 8.97. The van der Waals surface area contributed by atoms with Gasteiger partial charge >= 0.3 is 18.1 Å². The summed E-state index contributed by atoms with van der Waals surface area (Å²) in [5, 5.41) is 14.8. The molecule has 33 heavy (non-hydrogen) atoms. The van der Waals surface area contributed by atoms with Gasteiger partial charge in [-0.1, -0.05) is 48.5 Å². The van der Waals surface area contributed by atoms with E-state index < -0.39 is 33.7 Å². The van der Waals surface area contributed by atoms with Crippen molar-refractivity contribution in [2.24, 2.45) is 0 Å². The Labute approximate surface area is 188 Å². The molecule has 0 radical (unpaired) electrons. The van der Waals surface area contributed by atoms with Gasteiger partial charge in [-0.2, -0.15) is 17.5 Å². The van der Waals surface area contributed by atoms with E-state index in [1.165, 1.54) is 16.4 Å². The highest BCUT2D eigenvalue weighted by Gasteiger charge is 2.34. The third-order valence-corrected chi connectivity index (χ3v) is 6.67. The van der Waals surface area contributed by atoms with Gasteiger partial charge in [-0.3, -0.25) is 4.90 Å². The van der Waals surface area contributed by atoms with Crippen molar-refractivity contribution in [3.05, 3.63) is 71.3 Å². The SMILES string of the molecule is O=C(O)C(=O)O.O=S(=O)(Cc1ccccc1)N1CCN(Cc2ccccc2C(F)(F)F)CC1. The van der Waals surface area contributed by atoms with Gasteiger partial charge in [0.25, 0.3) is 0 Å². The number of hydrogen-bond acceptors (Lipinski definition) is 5. The maximum Gasteiger partial charge on any atom is 0.416 e. The largest absolute Gasteiger partial charge is 0.473 e. The molecule has 0 atom stereocenters. The first-order chi connectivity index (χ1) is 15.4. The van der Waals surface area contributed by atoms with Crippen LogP contribution in [0, 0.1) is 0 Å². The molecule has 0 aromatic heterocycles. The predicted molar refractivity (Wildman–Crippen MR) is 113 cm³/mol. The lowest BCUT2D eigenvalue weighted by Gasteiger charge is -2.34. The van der Waals surface area contributed by atoms with E-state index in [2.05, 4.69) is 0 Å². The van der Waals surface area contributed by atoms with E-state index in [-0.39, 0.29) is 31.0 Å². The second kappa shape index (κ2) is 11.3. The molecule has 2 aromatic carbocycles. The number of carbonyl (C=O) groups is 2. The summed E-state index contributed by atoms with van der Waals surface area (Å²) in [5.74, 6) is -3.71. The summed E-state index contributed by atoms with van der Waals surface area (Å²) in [5.41, 5.74) is 0.300. The second-order valence-electron chi connectivity index (χ2n) is 7.18. The maximum atomic E-state index is 13.1. The van der Waals surface area contributed by atoms with Gasteiger partial charge in [-0.05, 0) is 17.2 Å². The molecule has 0 aliphatic carbocycles. The van der Waals surface area contributed by atoms with Gasteiger partial charge in [-0.25, -0.2) is 18.0 Å². The highest BCUT2D eigenvalue weighted by atomic mass is 32.2. The van der Waals surface area contributed by atoms with Gasteiger partial charge < -0.3 is 10.2 Å². The van der Waals surface area contributed by atoms with Crippen LogP contribution in [0.2, 0.25) is 0 Å². The first-order valence-corrected chi connectivity index (χ1v) is 11.4. The van der Waals surface area contributed by atoms with Gasteiger partial charge in [0.2, 0.25) is 10.0 Å². The molecule has 1 aliphatic rings. The van der Waals surface area contributed by atoms with Crippen LogP contribution in [0.15, 0.2) is 54.6 Å². The van der Waals surface area contributed by atoms with Crippen LogP contribution in [0.1, 0.15) is 16.7 Å². The van der Waals surface area contributed by atoms with E-state index in [0.717, 1.165) is 11.6 Å². The first kappa shape index (κ1) is 26.3. The fraction of sp³-hybridized carbons (Fsp3) is 0.333. The van der Waals surface area contributed by atoms with Gasteiger partial charge in [0.1, 0.15) is 0 Å². The number of sulfonamides is 1. The average Bonchev–Trinajstić information content (AvgIpc) is 2.74. The van der Waals surface area contributed by atoms with E-state index in [1.54, 1.807) is 30.3 Å². The van der Waals surface area contributed by atoms with Crippen LogP contribution < -0.4 is 0 Å². The Balaban J connectivity index is 0.000000569. The van der Waals surface area contributed by atoms with Crippen molar-refractivity contribution in [1.82, 2.24) is 9.21 Å². The normalized spacial score (nSPS) is 15.4. The van der Waals surface area contributed by atoms with Crippen LogP contribution in [-0.2, 0) is 38.1 Å². The minimum absolute atomic E-state index is 0.0647. The number of alkyl halides is 3. The van der Waals surface area contributed by atoms with Gasteiger partial charge in [0.05, 0.1) is 11.3 Å². The molecule has 0 saturated carbocycles. The highest BCUT2D eigenvalue weighted by Crippen LogP contribution is 2.32. The Morgan fingerprint density at radius 2 is 1.36 bits per heavy atom. The number of halogens is 3. The summed E-state index contributed by atoms with van der Waals surface area (Å²) in [6.07, 6.45) is -4.39. The molecular weight excluding hydrogens is 465 g/mol. The number of carboxylic acids is 2. The molecule has 12 heteroatoms. The van der Waals surface area contributed by atoms with Crippen molar-refractivity contribution >= 4 is 22.0 Å². The lowest BCUT2D eigenvalue weighted by Crippen LogP contribution is -2.48. The minimum atomic E-state index is -4.39. The zero-order chi connectivity index (χ0) is 24.6. The number of benzene rings is 2. The molecule has 3 rings (SSSR count). The quantitative estimate of drug-likeness (QED) is 0.622. The minimum Gasteiger partial charge on any atom is -0.473 e. The molecule has 1 fully saturated rings. The lowest BCUT2D eigenvalue weighted by molar-refractivity contribution is -0.159. The topological polar surface area (TPSA) is 115 Å². The van der Waals surface area contributed by atoms with E-state index in [9.17, 15) is 21.6 Å². The summed E-state index contributed by atoms with van der Waals surface area (Å²) in [7, 11) is -3.44. The molecule has 0 bridgehead atoms. The fourth-order valence-electron chi connectivity index (χ4n) is 3.22. The van der Waals surface area contributed by atoms with Crippen LogP contribution in [0.4, 0.5) is 13.2 Å². The number of piperazine rings is 1. The van der Waals surface area contributed by atoms with Crippen molar-refractivity contribution in [3.63, 3.8) is 0 Å². The van der Waals surface area contributed by atoms with Crippen molar-refractivity contribution in [2.45, 2.75) is 18.5 Å². The Bertz CT molecular complexity index is 1040. The zero-order valence-electron chi connectivity index (χ0n) is 17.4. The van der Waals surface area contributed by atoms with E-state index in [4.69, 9.17) is 19.8 Å². The van der Waals surface area contributed by atoms with Crippen LogP contribution in [-0.4, -0.2) is 66.0 Å². The molecule has 2 N–H and O–H groups in total. The smallest absolute Gasteiger partial charge is 0.416 e. The molecule has 1 heterocycles. The fourth-order valence-corrected chi connectivity index (χ4v) is 4.73. The third-order valence-electron chi connectivity index (χ3n) is 4.82. The molecule has 0 spiro atoms.